The molecule has 0 aliphatic carbocycles. The van der Waals surface area contributed by atoms with Gasteiger partial charge in [0.05, 0.1) is 0 Å². The molecule has 0 aliphatic rings. The molecule has 0 radical (unpaired) electrons. The largest absolute Gasteiger partial charge is 0.478 e. The lowest BCUT2D eigenvalue weighted by Crippen LogP contribution is -1.92. The molecule has 116 valence electrons. The Balaban J connectivity index is 0. The van der Waals surface area contributed by atoms with Crippen LogP contribution in [0.5, 0.6) is 0 Å². The van der Waals surface area contributed by atoms with Crippen LogP contribution in [-0.2, 0) is 11.2 Å². The van der Waals surface area contributed by atoms with Crippen molar-refractivity contribution in [2.75, 3.05) is 6.61 Å². The Morgan fingerprint density at radius 2 is 1.81 bits per heavy atom. The zero-order valence-electron chi connectivity index (χ0n) is 13.0. The van der Waals surface area contributed by atoms with Crippen molar-refractivity contribution < 1.29 is 15.0 Å². The van der Waals surface area contributed by atoms with Gasteiger partial charge in [-0.2, -0.15) is 0 Å². The molecular formula is C18H26O3. The zero-order chi connectivity index (χ0) is 16.5. The molecule has 21 heavy (non-hydrogen) atoms. The average Bonchev–Trinajstić information content (AvgIpc) is 2.48. The molecule has 3 heteroatoms. The zero-order valence-corrected chi connectivity index (χ0v) is 13.0. The maximum atomic E-state index is 9.60. The predicted molar refractivity (Wildman–Crippen MR) is 89.3 cm³/mol. The molecule has 0 amide bonds. The summed E-state index contributed by atoms with van der Waals surface area (Å²) < 4.78 is 0. The quantitative estimate of drug-likeness (QED) is 0.636. The standard InChI is InChI=1S/C9H12O.C5H8.C4H6O2/c10-8-4-7-9-5-2-1-3-6-9;1-3-5-4-2;1-3(2)4(5)6/h1-3,5-6,10H,4,7-8H2;3-5H,1H2,2H3;1H2,2H3,(H,5,6). The molecule has 0 saturated heterocycles. The number of benzene rings is 1. The molecule has 1 aromatic rings. The summed E-state index contributed by atoms with van der Waals surface area (Å²) in [7, 11) is 0. The van der Waals surface area contributed by atoms with E-state index in [1.165, 1.54) is 12.5 Å². The van der Waals surface area contributed by atoms with Gasteiger partial charge in [-0.05, 0) is 32.3 Å². The second-order valence-corrected chi connectivity index (χ2v) is 4.16. The second-order valence-electron chi connectivity index (χ2n) is 4.16. The minimum atomic E-state index is -0.935. The normalized spacial score (nSPS) is 8.90. The van der Waals surface area contributed by atoms with Crippen LogP contribution in [0, 0.1) is 0 Å². The van der Waals surface area contributed by atoms with Crippen molar-refractivity contribution in [1.82, 2.24) is 0 Å². The van der Waals surface area contributed by atoms with Gasteiger partial charge in [-0.1, -0.05) is 61.7 Å². The number of carboxylic acid groups (broad SMARTS) is 1. The lowest BCUT2D eigenvalue weighted by molar-refractivity contribution is -0.132. The maximum absolute atomic E-state index is 9.60. The van der Waals surface area contributed by atoms with Crippen LogP contribution in [0.4, 0.5) is 0 Å². The molecule has 0 saturated carbocycles. The fourth-order valence-corrected chi connectivity index (χ4v) is 1.06. The van der Waals surface area contributed by atoms with Gasteiger partial charge in [0.25, 0.3) is 0 Å². The average molecular weight is 290 g/mol. The predicted octanol–water partition coefficient (Wildman–Crippen LogP) is 4.01. The lowest BCUT2D eigenvalue weighted by atomic mass is 10.1. The van der Waals surface area contributed by atoms with E-state index in [9.17, 15) is 4.79 Å². The first-order chi connectivity index (χ1) is 9.99. The van der Waals surface area contributed by atoms with Gasteiger partial charge in [0, 0.05) is 12.2 Å². The number of aliphatic hydroxyl groups excluding tert-OH is 1. The third kappa shape index (κ3) is 17.9. The van der Waals surface area contributed by atoms with Crippen molar-refractivity contribution in [1.29, 1.82) is 0 Å². The fraction of sp³-hybridized carbons (Fsp3) is 0.278. The van der Waals surface area contributed by atoms with Crippen molar-refractivity contribution in [3.63, 3.8) is 0 Å². The highest BCUT2D eigenvalue weighted by atomic mass is 16.4. The summed E-state index contributed by atoms with van der Waals surface area (Å²) in [4.78, 5) is 9.60. The summed E-state index contributed by atoms with van der Waals surface area (Å²) in [6, 6.07) is 10.2. The first-order valence-electron chi connectivity index (χ1n) is 6.76. The first kappa shape index (κ1) is 21.2. The number of allylic oxidation sites excluding steroid dienone is 3. The van der Waals surface area contributed by atoms with E-state index in [4.69, 9.17) is 10.2 Å². The maximum Gasteiger partial charge on any atom is 0.330 e. The van der Waals surface area contributed by atoms with Crippen molar-refractivity contribution >= 4 is 5.97 Å². The van der Waals surface area contributed by atoms with Crippen molar-refractivity contribution in [3.05, 3.63) is 72.9 Å². The van der Waals surface area contributed by atoms with E-state index in [2.05, 4.69) is 25.3 Å². The molecule has 0 aromatic heterocycles. The smallest absolute Gasteiger partial charge is 0.330 e. The van der Waals surface area contributed by atoms with Gasteiger partial charge in [0.1, 0.15) is 0 Å². The highest BCUT2D eigenvalue weighted by Gasteiger charge is 1.90. The number of aryl methyl sites for hydroxylation is 1. The highest BCUT2D eigenvalue weighted by molar-refractivity contribution is 5.84. The first-order valence-corrected chi connectivity index (χ1v) is 6.76. The minimum Gasteiger partial charge on any atom is -0.478 e. The van der Waals surface area contributed by atoms with E-state index in [1.54, 1.807) is 6.08 Å². The number of aliphatic carboxylic acids is 1. The van der Waals surface area contributed by atoms with Gasteiger partial charge in [-0.25, -0.2) is 4.79 Å². The van der Waals surface area contributed by atoms with Crippen LogP contribution in [0.3, 0.4) is 0 Å². The summed E-state index contributed by atoms with van der Waals surface area (Å²) in [6.07, 6.45) is 7.42. The van der Waals surface area contributed by atoms with Crippen LogP contribution in [0.15, 0.2) is 67.3 Å². The van der Waals surface area contributed by atoms with E-state index in [1.807, 2.05) is 37.3 Å². The van der Waals surface area contributed by atoms with E-state index < -0.39 is 5.97 Å². The molecule has 3 nitrogen and oxygen atoms in total. The van der Waals surface area contributed by atoms with Crippen molar-refractivity contribution in [2.24, 2.45) is 0 Å². The number of hydrogen-bond acceptors (Lipinski definition) is 2. The molecule has 0 bridgehead atoms. The molecule has 1 rings (SSSR count). The van der Waals surface area contributed by atoms with E-state index in [0.29, 0.717) is 0 Å². The Labute approximate surface area is 128 Å². The summed E-state index contributed by atoms with van der Waals surface area (Å²) in [5.74, 6) is -0.935. The Bertz CT molecular complexity index is 407. The number of carboxylic acids is 1. The van der Waals surface area contributed by atoms with E-state index in [-0.39, 0.29) is 12.2 Å². The SMILES string of the molecule is C=C(C)C(=O)O.C=CC=CC.OCCCc1ccccc1. The molecular weight excluding hydrogens is 264 g/mol. The summed E-state index contributed by atoms with van der Waals surface area (Å²) in [5, 5.41) is 16.4. The van der Waals surface area contributed by atoms with Crippen LogP contribution in [0.2, 0.25) is 0 Å². The molecule has 0 spiro atoms. The Kier molecular flexibility index (Phi) is 16.1. The Morgan fingerprint density at radius 3 is 2.10 bits per heavy atom. The van der Waals surface area contributed by atoms with Gasteiger partial charge in [-0.3, -0.25) is 0 Å². The summed E-state index contributed by atoms with van der Waals surface area (Å²) in [6.45, 7) is 10.3. The summed E-state index contributed by atoms with van der Waals surface area (Å²) in [5.41, 5.74) is 1.48. The third-order valence-electron chi connectivity index (χ3n) is 2.16. The van der Waals surface area contributed by atoms with Crippen molar-refractivity contribution in [2.45, 2.75) is 26.7 Å². The fourth-order valence-electron chi connectivity index (χ4n) is 1.06. The number of aliphatic hydroxyl groups is 1. The van der Waals surface area contributed by atoms with Crippen LogP contribution in [0.1, 0.15) is 25.8 Å². The monoisotopic (exact) mass is 290 g/mol. The second kappa shape index (κ2) is 15.9. The highest BCUT2D eigenvalue weighted by Crippen LogP contribution is 2.00. The van der Waals surface area contributed by atoms with Gasteiger partial charge >= 0.3 is 5.97 Å². The molecule has 1 aromatic carbocycles. The molecule has 0 aliphatic heterocycles. The lowest BCUT2D eigenvalue weighted by Gasteiger charge is -1.96. The molecule has 2 N–H and O–H groups in total. The molecule has 0 unspecified atom stereocenters. The number of carbonyl (C=O) groups is 1. The Hall–Kier alpha value is -2.13. The minimum absolute atomic E-state index is 0.176. The van der Waals surface area contributed by atoms with Crippen molar-refractivity contribution in [3.8, 4) is 0 Å². The summed E-state index contributed by atoms with van der Waals surface area (Å²) >= 11 is 0. The van der Waals surface area contributed by atoms with Gasteiger partial charge < -0.3 is 10.2 Å². The molecule has 0 atom stereocenters. The van der Waals surface area contributed by atoms with Gasteiger partial charge in [0.15, 0.2) is 0 Å². The number of hydrogen-bond donors (Lipinski definition) is 2. The van der Waals surface area contributed by atoms with Crippen LogP contribution < -0.4 is 0 Å². The van der Waals surface area contributed by atoms with E-state index in [0.717, 1.165) is 12.8 Å². The van der Waals surface area contributed by atoms with Gasteiger partial charge in [0.2, 0.25) is 0 Å². The molecule has 0 heterocycles. The Morgan fingerprint density at radius 1 is 1.29 bits per heavy atom. The van der Waals surface area contributed by atoms with Crippen LogP contribution in [-0.4, -0.2) is 22.8 Å². The topological polar surface area (TPSA) is 57.5 Å². The van der Waals surface area contributed by atoms with Crippen LogP contribution in [0.25, 0.3) is 0 Å². The number of rotatable bonds is 5. The van der Waals surface area contributed by atoms with E-state index >= 15 is 0 Å². The van der Waals surface area contributed by atoms with Gasteiger partial charge in [-0.15, -0.1) is 0 Å². The third-order valence-corrected chi connectivity index (χ3v) is 2.16. The molecule has 0 fully saturated rings. The van der Waals surface area contributed by atoms with Crippen LogP contribution >= 0.6 is 0 Å².